The SMILES string of the molecule is CCC(CC)N(CCO)c1cc(Br)ccc1C(C)=O. The summed E-state index contributed by atoms with van der Waals surface area (Å²) in [5, 5.41) is 9.30. The van der Waals surface area contributed by atoms with Crippen molar-refractivity contribution in [3.05, 3.63) is 28.2 Å². The molecule has 0 aliphatic rings. The minimum atomic E-state index is 0.0522. The number of hydrogen-bond donors (Lipinski definition) is 1. The molecular formula is C15H22BrNO2. The van der Waals surface area contributed by atoms with Crippen LogP contribution in [0.25, 0.3) is 0 Å². The summed E-state index contributed by atoms with van der Waals surface area (Å²) in [6, 6.07) is 6.02. The summed E-state index contributed by atoms with van der Waals surface area (Å²) in [6.07, 6.45) is 1.97. The van der Waals surface area contributed by atoms with E-state index in [1.807, 2.05) is 18.2 Å². The number of aliphatic hydroxyl groups is 1. The Kier molecular flexibility index (Phi) is 6.52. The highest BCUT2D eigenvalue weighted by molar-refractivity contribution is 9.10. The van der Waals surface area contributed by atoms with Gasteiger partial charge >= 0.3 is 0 Å². The molecule has 19 heavy (non-hydrogen) atoms. The predicted molar refractivity (Wildman–Crippen MR) is 82.9 cm³/mol. The van der Waals surface area contributed by atoms with Crippen LogP contribution < -0.4 is 4.90 Å². The fourth-order valence-corrected chi connectivity index (χ4v) is 2.73. The van der Waals surface area contributed by atoms with Gasteiger partial charge in [0.2, 0.25) is 0 Å². The second-order valence-corrected chi connectivity index (χ2v) is 5.52. The van der Waals surface area contributed by atoms with Crippen LogP contribution in [0.4, 0.5) is 5.69 Å². The maximum Gasteiger partial charge on any atom is 0.161 e. The lowest BCUT2D eigenvalue weighted by molar-refractivity contribution is 0.101. The van der Waals surface area contributed by atoms with Gasteiger partial charge in [-0.2, -0.15) is 0 Å². The average Bonchev–Trinajstić information content (AvgIpc) is 2.38. The third-order valence-electron chi connectivity index (χ3n) is 3.37. The first kappa shape index (κ1) is 16.2. The number of aliphatic hydroxyl groups excluding tert-OH is 1. The first-order valence-corrected chi connectivity index (χ1v) is 7.52. The van der Waals surface area contributed by atoms with Crippen LogP contribution in [0.3, 0.4) is 0 Å². The molecule has 0 amide bonds. The van der Waals surface area contributed by atoms with Crippen LogP contribution in [0, 0.1) is 0 Å². The Morgan fingerprint density at radius 3 is 2.47 bits per heavy atom. The number of carbonyl (C=O) groups excluding carboxylic acids is 1. The monoisotopic (exact) mass is 327 g/mol. The van der Waals surface area contributed by atoms with E-state index in [1.54, 1.807) is 6.92 Å². The van der Waals surface area contributed by atoms with Crippen molar-refractivity contribution in [1.29, 1.82) is 0 Å². The molecule has 106 valence electrons. The highest BCUT2D eigenvalue weighted by Crippen LogP contribution is 2.28. The number of nitrogens with zero attached hydrogens (tertiary/aromatic N) is 1. The van der Waals surface area contributed by atoms with Gasteiger partial charge in [0, 0.05) is 28.3 Å². The van der Waals surface area contributed by atoms with Crippen molar-refractivity contribution in [2.24, 2.45) is 0 Å². The van der Waals surface area contributed by atoms with E-state index in [2.05, 4.69) is 34.7 Å². The Morgan fingerprint density at radius 2 is 2.00 bits per heavy atom. The molecule has 0 bridgehead atoms. The van der Waals surface area contributed by atoms with Crippen LogP contribution in [0.15, 0.2) is 22.7 Å². The van der Waals surface area contributed by atoms with E-state index in [-0.39, 0.29) is 12.4 Å². The van der Waals surface area contributed by atoms with Crippen LogP contribution in [-0.4, -0.2) is 30.1 Å². The fourth-order valence-electron chi connectivity index (χ4n) is 2.38. The number of carbonyl (C=O) groups is 1. The van der Waals surface area contributed by atoms with E-state index in [4.69, 9.17) is 0 Å². The quantitative estimate of drug-likeness (QED) is 0.777. The number of anilines is 1. The molecule has 0 fully saturated rings. The minimum absolute atomic E-state index is 0.0522. The van der Waals surface area contributed by atoms with Crippen LogP contribution in [-0.2, 0) is 0 Å². The van der Waals surface area contributed by atoms with Crippen molar-refractivity contribution in [2.45, 2.75) is 39.7 Å². The molecule has 0 spiro atoms. The van der Waals surface area contributed by atoms with Gasteiger partial charge in [0.05, 0.1) is 6.61 Å². The van der Waals surface area contributed by atoms with Gasteiger partial charge < -0.3 is 10.0 Å². The summed E-state index contributed by atoms with van der Waals surface area (Å²) in [4.78, 5) is 13.9. The average molecular weight is 328 g/mol. The lowest BCUT2D eigenvalue weighted by Gasteiger charge is -2.33. The molecule has 0 saturated heterocycles. The third kappa shape index (κ3) is 4.05. The number of benzene rings is 1. The smallest absolute Gasteiger partial charge is 0.161 e. The normalized spacial score (nSPS) is 10.8. The van der Waals surface area contributed by atoms with Crippen molar-refractivity contribution in [2.75, 3.05) is 18.1 Å². The molecule has 4 heteroatoms. The van der Waals surface area contributed by atoms with Gasteiger partial charge in [0.25, 0.3) is 0 Å². The second-order valence-electron chi connectivity index (χ2n) is 4.60. The van der Waals surface area contributed by atoms with Crippen molar-refractivity contribution >= 4 is 27.4 Å². The highest BCUT2D eigenvalue weighted by Gasteiger charge is 2.20. The van der Waals surface area contributed by atoms with Crippen LogP contribution >= 0.6 is 15.9 Å². The first-order chi connectivity index (χ1) is 9.04. The fraction of sp³-hybridized carbons (Fsp3) is 0.533. The molecule has 0 aliphatic heterocycles. The molecule has 1 rings (SSSR count). The standard InChI is InChI=1S/C15H22BrNO2/c1-4-13(5-2)17(8-9-18)15-10-12(16)6-7-14(15)11(3)19/h6-7,10,13,18H,4-5,8-9H2,1-3H3. The van der Waals surface area contributed by atoms with Gasteiger partial charge in [0.15, 0.2) is 5.78 Å². The largest absolute Gasteiger partial charge is 0.395 e. The summed E-state index contributed by atoms with van der Waals surface area (Å²) in [5.41, 5.74) is 1.62. The maximum atomic E-state index is 11.8. The van der Waals surface area contributed by atoms with Crippen molar-refractivity contribution in [3.63, 3.8) is 0 Å². The predicted octanol–water partition coefficient (Wildman–Crippen LogP) is 3.64. The topological polar surface area (TPSA) is 40.5 Å². The summed E-state index contributed by atoms with van der Waals surface area (Å²) in [6.45, 7) is 6.47. The van der Waals surface area contributed by atoms with Crippen molar-refractivity contribution < 1.29 is 9.90 Å². The number of hydrogen-bond acceptors (Lipinski definition) is 3. The molecule has 1 aromatic carbocycles. The van der Waals surface area contributed by atoms with Crippen LogP contribution in [0.5, 0.6) is 0 Å². The molecule has 0 aliphatic carbocycles. The van der Waals surface area contributed by atoms with Crippen LogP contribution in [0.2, 0.25) is 0 Å². The Morgan fingerprint density at radius 1 is 1.37 bits per heavy atom. The summed E-state index contributed by atoms with van der Waals surface area (Å²) in [7, 11) is 0. The van der Waals surface area contributed by atoms with E-state index in [0.29, 0.717) is 18.2 Å². The number of Topliss-reactive ketones (excluding diaryl/α,β-unsaturated/α-hetero) is 1. The summed E-state index contributed by atoms with van der Waals surface area (Å²) < 4.78 is 0.946. The zero-order valence-electron chi connectivity index (χ0n) is 11.8. The molecule has 0 heterocycles. The summed E-state index contributed by atoms with van der Waals surface area (Å²) >= 11 is 3.46. The second kappa shape index (κ2) is 7.65. The number of rotatable bonds is 7. The van der Waals surface area contributed by atoms with Gasteiger partial charge in [-0.1, -0.05) is 29.8 Å². The maximum absolute atomic E-state index is 11.8. The van der Waals surface area contributed by atoms with E-state index in [1.165, 1.54) is 0 Å². The lowest BCUT2D eigenvalue weighted by atomic mass is 10.0. The Hall–Kier alpha value is -0.870. The molecule has 0 unspecified atom stereocenters. The van der Waals surface area contributed by atoms with E-state index < -0.39 is 0 Å². The van der Waals surface area contributed by atoms with Gasteiger partial charge in [-0.25, -0.2) is 0 Å². The van der Waals surface area contributed by atoms with E-state index in [9.17, 15) is 9.90 Å². The molecule has 1 aromatic rings. The van der Waals surface area contributed by atoms with Gasteiger partial charge in [-0.3, -0.25) is 4.79 Å². The number of halogens is 1. The zero-order chi connectivity index (χ0) is 14.4. The van der Waals surface area contributed by atoms with Gasteiger partial charge in [0.1, 0.15) is 0 Å². The molecule has 0 radical (unpaired) electrons. The molecule has 1 N–H and O–H groups in total. The Balaban J connectivity index is 3.27. The van der Waals surface area contributed by atoms with E-state index >= 15 is 0 Å². The third-order valence-corrected chi connectivity index (χ3v) is 3.87. The van der Waals surface area contributed by atoms with Gasteiger partial charge in [-0.15, -0.1) is 0 Å². The molecule has 0 saturated carbocycles. The Labute approximate surface area is 123 Å². The van der Waals surface area contributed by atoms with Crippen molar-refractivity contribution in [3.8, 4) is 0 Å². The zero-order valence-corrected chi connectivity index (χ0v) is 13.4. The summed E-state index contributed by atoms with van der Waals surface area (Å²) in [5.74, 6) is 0.0522. The molecule has 0 atom stereocenters. The lowest BCUT2D eigenvalue weighted by Crippen LogP contribution is -2.37. The van der Waals surface area contributed by atoms with Crippen LogP contribution in [0.1, 0.15) is 44.0 Å². The molecule has 0 aromatic heterocycles. The Bertz CT molecular complexity index is 430. The van der Waals surface area contributed by atoms with Crippen molar-refractivity contribution in [1.82, 2.24) is 0 Å². The minimum Gasteiger partial charge on any atom is -0.395 e. The number of ketones is 1. The van der Waals surface area contributed by atoms with Gasteiger partial charge in [-0.05, 0) is 38.0 Å². The van der Waals surface area contributed by atoms with E-state index in [0.717, 1.165) is 23.0 Å². The molecular weight excluding hydrogens is 306 g/mol. The first-order valence-electron chi connectivity index (χ1n) is 6.73. The highest BCUT2D eigenvalue weighted by atomic mass is 79.9. The molecule has 3 nitrogen and oxygen atoms in total.